The number of benzene rings is 1. The number of nitrogens with zero attached hydrogens (tertiary/aromatic N) is 1. The van der Waals surface area contributed by atoms with Crippen molar-refractivity contribution in [3.63, 3.8) is 0 Å². The van der Waals surface area contributed by atoms with E-state index in [0.29, 0.717) is 5.56 Å². The van der Waals surface area contributed by atoms with Gasteiger partial charge >= 0.3 is 0 Å². The first-order valence-electron chi connectivity index (χ1n) is 5.83. The third-order valence-electron chi connectivity index (χ3n) is 2.60. The quantitative estimate of drug-likeness (QED) is 0.517. The number of hydrogen-bond donors (Lipinski definition) is 3. The molecule has 102 valence electrons. The highest BCUT2D eigenvalue weighted by atomic mass is 16.3. The third kappa shape index (κ3) is 4.63. The van der Waals surface area contributed by atoms with Crippen molar-refractivity contribution < 1.29 is 19.8 Å². The zero-order chi connectivity index (χ0) is 14.3. The molecule has 0 radical (unpaired) electrons. The van der Waals surface area contributed by atoms with Crippen molar-refractivity contribution in [1.29, 1.82) is 0 Å². The summed E-state index contributed by atoms with van der Waals surface area (Å²) in [5.41, 5.74) is 0.616. The van der Waals surface area contributed by atoms with E-state index < -0.39 is 12.2 Å². The van der Waals surface area contributed by atoms with Crippen molar-refractivity contribution >= 4 is 17.7 Å². The lowest BCUT2D eigenvalue weighted by Gasteiger charge is -2.19. The summed E-state index contributed by atoms with van der Waals surface area (Å²) in [6, 6.07) is 6.45. The van der Waals surface area contributed by atoms with Crippen molar-refractivity contribution in [2.75, 3.05) is 6.54 Å². The molecule has 1 aromatic carbocycles. The predicted octanol–water partition coefficient (Wildman–Crippen LogP) is 0.574. The van der Waals surface area contributed by atoms with E-state index in [4.69, 9.17) is 0 Å². The predicted molar refractivity (Wildman–Crippen MR) is 68.5 cm³/mol. The van der Waals surface area contributed by atoms with Crippen LogP contribution in [0.25, 0.3) is 0 Å². The molecule has 0 saturated heterocycles. The molecular formula is C13H16N2O4. The van der Waals surface area contributed by atoms with E-state index in [0.717, 1.165) is 0 Å². The van der Waals surface area contributed by atoms with E-state index in [1.807, 2.05) is 0 Å². The smallest absolute Gasteiger partial charge is 0.240 e. The van der Waals surface area contributed by atoms with Crippen LogP contribution < -0.4 is 5.32 Å². The second-order valence-electron chi connectivity index (χ2n) is 4.05. The number of aliphatic hydroxyl groups excluding tert-OH is 2. The molecule has 0 aliphatic heterocycles. The van der Waals surface area contributed by atoms with Gasteiger partial charge in [-0.05, 0) is 12.5 Å². The molecular weight excluding hydrogens is 248 g/mol. The minimum absolute atomic E-state index is 0.194. The lowest BCUT2D eigenvalue weighted by atomic mass is 10.0. The standard InChI is InChI=1S/C13H16N2O4/c1-9(17)14-7-6-12(18)13(19)10-4-2-3-5-11(10)15-8-16/h2-5,12-13,18-19H,6-7H2,1H3,(H,14,17). The van der Waals surface area contributed by atoms with Crippen LogP contribution in [-0.4, -0.2) is 34.8 Å². The fourth-order valence-electron chi connectivity index (χ4n) is 1.65. The molecule has 2 unspecified atom stereocenters. The topological polar surface area (TPSA) is 99.0 Å². The van der Waals surface area contributed by atoms with Gasteiger partial charge in [0.1, 0.15) is 6.10 Å². The number of nitrogens with one attached hydrogen (secondary N) is 1. The Labute approximate surface area is 110 Å². The summed E-state index contributed by atoms with van der Waals surface area (Å²) in [5, 5.41) is 22.4. The molecule has 1 amide bonds. The molecule has 0 aromatic heterocycles. The van der Waals surface area contributed by atoms with E-state index in [2.05, 4.69) is 10.3 Å². The number of hydrogen-bond acceptors (Lipinski definition) is 5. The minimum atomic E-state index is -1.18. The van der Waals surface area contributed by atoms with Crippen molar-refractivity contribution in [1.82, 2.24) is 5.32 Å². The molecule has 3 N–H and O–H groups in total. The molecule has 1 rings (SSSR count). The molecule has 6 nitrogen and oxygen atoms in total. The molecule has 0 aliphatic rings. The Morgan fingerprint density at radius 1 is 1.42 bits per heavy atom. The van der Waals surface area contributed by atoms with E-state index in [1.54, 1.807) is 24.3 Å². The second kappa shape index (κ2) is 7.43. The van der Waals surface area contributed by atoms with Crippen LogP contribution in [0.5, 0.6) is 0 Å². The van der Waals surface area contributed by atoms with Crippen LogP contribution in [0.15, 0.2) is 29.3 Å². The highest BCUT2D eigenvalue weighted by Crippen LogP contribution is 2.27. The van der Waals surface area contributed by atoms with Crippen LogP contribution in [0.3, 0.4) is 0 Å². The molecule has 19 heavy (non-hydrogen) atoms. The van der Waals surface area contributed by atoms with Crippen LogP contribution >= 0.6 is 0 Å². The Balaban J connectivity index is 2.73. The molecule has 1 aromatic rings. The first-order valence-corrected chi connectivity index (χ1v) is 5.83. The van der Waals surface area contributed by atoms with E-state index in [-0.39, 0.29) is 24.6 Å². The summed E-state index contributed by atoms with van der Waals surface area (Å²) >= 11 is 0. The largest absolute Gasteiger partial charge is 0.390 e. The number of isocyanates is 1. The van der Waals surface area contributed by atoms with Gasteiger partial charge in [-0.1, -0.05) is 18.2 Å². The fraction of sp³-hybridized carbons (Fsp3) is 0.385. The molecule has 0 saturated carbocycles. The number of para-hydroxylation sites is 1. The van der Waals surface area contributed by atoms with Gasteiger partial charge in [0.15, 0.2) is 0 Å². The molecule has 0 aliphatic carbocycles. The van der Waals surface area contributed by atoms with Gasteiger partial charge in [0.25, 0.3) is 0 Å². The molecule has 0 bridgehead atoms. The van der Waals surface area contributed by atoms with Crippen LogP contribution in [-0.2, 0) is 9.59 Å². The fourth-order valence-corrected chi connectivity index (χ4v) is 1.65. The second-order valence-corrected chi connectivity index (χ2v) is 4.05. The SMILES string of the molecule is CC(=O)NCCC(O)C(O)c1ccccc1N=C=O. The number of carbonyl (C=O) groups is 1. The van der Waals surface area contributed by atoms with Crippen LogP contribution in [0.1, 0.15) is 25.0 Å². The number of rotatable bonds is 6. The first kappa shape index (κ1) is 15.0. The summed E-state index contributed by atoms with van der Waals surface area (Å²) < 4.78 is 0. The third-order valence-corrected chi connectivity index (χ3v) is 2.60. The molecule has 0 fully saturated rings. The average Bonchev–Trinajstić information content (AvgIpc) is 2.38. The van der Waals surface area contributed by atoms with Crippen molar-refractivity contribution in [3.8, 4) is 0 Å². The zero-order valence-electron chi connectivity index (χ0n) is 10.5. The number of aliphatic imine (C=N–C) groups is 1. The van der Waals surface area contributed by atoms with Crippen molar-refractivity contribution in [3.05, 3.63) is 29.8 Å². The van der Waals surface area contributed by atoms with Gasteiger partial charge in [0.2, 0.25) is 12.0 Å². The maximum absolute atomic E-state index is 10.7. The summed E-state index contributed by atoms with van der Waals surface area (Å²) in [6.07, 6.45) is -0.643. The van der Waals surface area contributed by atoms with Gasteiger partial charge in [-0.2, -0.15) is 4.99 Å². The summed E-state index contributed by atoms with van der Waals surface area (Å²) in [6.45, 7) is 1.63. The normalized spacial score (nSPS) is 13.2. The Hall–Kier alpha value is -2.01. The van der Waals surface area contributed by atoms with Gasteiger partial charge in [-0.25, -0.2) is 4.79 Å². The Kier molecular flexibility index (Phi) is 5.89. The van der Waals surface area contributed by atoms with Gasteiger partial charge in [-0.3, -0.25) is 4.79 Å². The lowest BCUT2D eigenvalue weighted by molar-refractivity contribution is -0.119. The van der Waals surface area contributed by atoms with Gasteiger partial charge < -0.3 is 15.5 Å². The Morgan fingerprint density at radius 3 is 2.74 bits per heavy atom. The Bertz CT molecular complexity index is 483. The molecule has 0 spiro atoms. The summed E-state index contributed by atoms with van der Waals surface area (Å²) in [4.78, 5) is 24.4. The highest BCUT2D eigenvalue weighted by Gasteiger charge is 2.20. The molecule has 0 heterocycles. The van der Waals surface area contributed by atoms with E-state index in [9.17, 15) is 19.8 Å². The summed E-state index contributed by atoms with van der Waals surface area (Å²) in [7, 11) is 0. The lowest BCUT2D eigenvalue weighted by Crippen LogP contribution is -2.27. The van der Waals surface area contributed by atoms with Crippen LogP contribution in [0.4, 0.5) is 5.69 Å². The average molecular weight is 264 g/mol. The number of aliphatic hydroxyl groups is 2. The highest BCUT2D eigenvalue weighted by molar-refractivity contribution is 5.72. The van der Waals surface area contributed by atoms with E-state index >= 15 is 0 Å². The van der Waals surface area contributed by atoms with E-state index in [1.165, 1.54) is 13.0 Å². The maximum Gasteiger partial charge on any atom is 0.240 e. The van der Waals surface area contributed by atoms with Gasteiger partial charge in [-0.15, -0.1) is 0 Å². The number of amides is 1. The van der Waals surface area contributed by atoms with Gasteiger partial charge in [0, 0.05) is 19.0 Å². The first-order chi connectivity index (χ1) is 9.06. The van der Waals surface area contributed by atoms with Crippen molar-refractivity contribution in [2.45, 2.75) is 25.6 Å². The molecule has 2 atom stereocenters. The molecule has 6 heteroatoms. The zero-order valence-corrected chi connectivity index (χ0v) is 10.5. The van der Waals surface area contributed by atoms with Crippen LogP contribution in [0, 0.1) is 0 Å². The van der Waals surface area contributed by atoms with Crippen LogP contribution in [0.2, 0.25) is 0 Å². The van der Waals surface area contributed by atoms with Crippen molar-refractivity contribution in [2.24, 2.45) is 4.99 Å². The maximum atomic E-state index is 10.7. The van der Waals surface area contributed by atoms with Gasteiger partial charge in [0.05, 0.1) is 11.8 Å². The summed E-state index contributed by atoms with van der Waals surface area (Å²) in [5.74, 6) is -0.201. The minimum Gasteiger partial charge on any atom is -0.390 e. The monoisotopic (exact) mass is 264 g/mol. The Morgan fingerprint density at radius 2 is 2.11 bits per heavy atom. The number of carbonyl (C=O) groups excluding carboxylic acids is 2.